The minimum atomic E-state index is -0.262. The summed E-state index contributed by atoms with van der Waals surface area (Å²) in [7, 11) is 0. The molecule has 0 saturated heterocycles. The molecule has 0 aliphatic carbocycles. The minimum Gasteiger partial charge on any atom is -0.491 e. The summed E-state index contributed by atoms with van der Waals surface area (Å²) in [6.45, 7) is 6.92. The zero-order valence-corrected chi connectivity index (χ0v) is 19.2. The van der Waals surface area contributed by atoms with Gasteiger partial charge in [0.1, 0.15) is 23.7 Å². The third-order valence-corrected chi connectivity index (χ3v) is 5.55. The van der Waals surface area contributed by atoms with Gasteiger partial charge in [-0.2, -0.15) is 5.26 Å². The molecule has 0 N–H and O–H groups in total. The first-order valence-electron chi connectivity index (χ1n) is 11.1. The molecule has 0 radical (unpaired) electrons. The Morgan fingerprint density at radius 1 is 1.00 bits per heavy atom. The Morgan fingerprint density at radius 3 is 2.39 bits per heavy atom. The summed E-state index contributed by atoms with van der Waals surface area (Å²) < 4.78 is 12.0. The van der Waals surface area contributed by atoms with Crippen molar-refractivity contribution in [3.63, 3.8) is 0 Å². The highest BCUT2D eigenvalue weighted by molar-refractivity contribution is 5.95. The molecule has 5 nitrogen and oxygen atoms in total. The molecule has 33 heavy (non-hydrogen) atoms. The van der Waals surface area contributed by atoms with Crippen LogP contribution in [-0.2, 0) is 13.0 Å². The fourth-order valence-corrected chi connectivity index (χ4v) is 4.01. The van der Waals surface area contributed by atoms with Crippen LogP contribution in [0.1, 0.15) is 47.8 Å². The maximum Gasteiger partial charge on any atom is 0.254 e. The Morgan fingerprint density at radius 2 is 1.70 bits per heavy atom. The van der Waals surface area contributed by atoms with Gasteiger partial charge in [0, 0.05) is 12.1 Å². The highest BCUT2D eigenvalue weighted by Crippen LogP contribution is 2.27. The summed E-state index contributed by atoms with van der Waals surface area (Å²) in [5.74, 6) is 1.42. The summed E-state index contributed by atoms with van der Waals surface area (Å²) in [5, 5.41) is 9.22. The van der Waals surface area contributed by atoms with E-state index < -0.39 is 0 Å². The van der Waals surface area contributed by atoms with Crippen molar-refractivity contribution in [2.45, 2.75) is 45.4 Å². The normalized spacial score (nSPS) is 15.3. The molecule has 1 amide bonds. The molecule has 1 aliphatic rings. The van der Waals surface area contributed by atoms with E-state index in [4.69, 9.17) is 9.47 Å². The smallest absolute Gasteiger partial charge is 0.254 e. The van der Waals surface area contributed by atoms with Crippen molar-refractivity contribution in [3.05, 3.63) is 95.1 Å². The molecule has 4 rings (SSSR count). The number of ether oxygens (including phenoxy) is 2. The second-order valence-corrected chi connectivity index (χ2v) is 9.25. The van der Waals surface area contributed by atoms with E-state index in [1.165, 1.54) is 5.56 Å². The monoisotopic (exact) mass is 440 g/mol. The molecule has 0 bridgehead atoms. The predicted octanol–water partition coefficient (Wildman–Crippen LogP) is 5.38. The Labute approximate surface area is 195 Å². The molecule has 5 heteroatoms. The molecule has 1 aliphatic heterocycles. The molecule has 3 aromatic carbocycles. The highest BCUT2D eigenvalue weighted by atomic mass is 16.5. The van der Waals surface area contributed by atoms with E-state index in [2.05, 4.69) is 18.2 Å². The summed E-state index contributed by atoms with van der Waals surface area (Å²) in [4.78, 5) is 15.3. The lowest BCUT2D eigenvalue weighted by atomic mass is 9.93. The molecule has 1 unspecified atom stereocenters. The summed E-state index contributed by atoms with van der Waals surface area (Å²) in [5.41, 5.74) is 3.10. The second-order valence-electron chi connectivity index (χ2n) is 9.25. The van der Waals surface area contributed by atoms with Crippen LogP contribution in [0.4, 0.5) is 0 Å². The van der Waals surface area contributed by atoms with Crippen LogP contribution in [0.2, 0.25) is 0 Å². The van der Waals surface area contributed by atoms with Crippen LogP contribution in [0.15, 0.2) is 72.8 Å². The maximum absolute atomic E-state index is 13.4. The van der Waals surface area contributed by atoms with Gasteiger partial charge in [-0.05, 0) is 80.8 Å². The van der Waals surface area contributed by atoms with Gasteiger partial charge in [0.25, 0.3) is 5.91 Å². The number of nitriles is 1. The van der Waals surface area contributed by atoms with Gasteiger partial charge in [-0.3, -0.25) is 4.79 Å². The number of benzene rings is 3. The largest absolute Gasteiger partial charge is 0.491 e. The van der Waals surface area contributed by atoms with Gasteiger partial charge in [-0.25, -0.2) is 0 Å². The lowest BCUT2D eigenvalue weighted by molar-refractivity contribution is 0.0566. The van der Waals surface area contributed by atoms with Crippen molar-refractivity contribution in [2.75, 3.05) is 6.61 Å². The van der Waals surface area contributed by atoms with Gasteiger partial charge < -0.3 is 14.4 Å². The first-order chi connectivity index (χ1) is 15.8. The number of amides is 1. The van der Waals surface area contributed by atoms with Crippen molar-refractivity contribution in [3.8, 4) is 17.6 Å². The summed E-state index contributed by atoms with van der Waals surface area (Å²) in [6.07, 6.45) is 0.713. The van der Waals surface area contributed by atoms with Gasteiger partial charge >= 0.3 is 0 Å². The number of hydrogen-bond acceptors (Lipinski definition) is 4. The number of nitrogens with zero attached hydrogens (tertiary/aromatic N) is 2. The lowest BCUT2D eigenvalue weighted by Crippen LogP contribution is -2.47. The van der Waals surface area contributed by atoms with Crippen LogP contribution < -0.4 is 9.47 Å². The fourth-order valence-electron chi connectivity index (χ4n) is 4.01. The van der Waals surface area contributed by atoms with Gasteiger partial charge in [0.15, 0.2) is 0 Å². The molecule has 0 saturated carbocycles. The molecule has 1 heterocycles. The molecule has 0 aromatic heterocycles. The second kappa shape index (κ2) is 9.38. The van der Waals surface area contributed by atoms with Crippen LogP contribution in [-0.4, -0.2) is 29.1 Å². The van der Waals surface area contributed by atoms with Crippen molar-refractivity contribution < 1.29 is 14.3 Å². The molecule has 0 spiro atoms. The van der Waals surface area contributed by atoms with E-state index in [1.807, 2.05) is 62.1 Å². The Hall–Kier alpha value is -3.78. The SMILES string of the molecule is CC(C)(C)Oc1ccc(OCC2Cc3ccccc3CN2C(=O)c2cccc(C#N)c2)cc1. The van der Waals surface area contributed by atoms with Gasteiger partial charge in [-0.15, -0.1) is 0 Å². The predicted molar refractivity (Wildman–Crippen MR) is 127 cm³/mol. The van der Waals surface area contributed by atoms with E-state index in [0.29, 0.717) is 30.7 Å². The van der Waals surface area contributed by atoms with Crippen LogP contribution in [0, 0.1) is 11.3 Å². The van der Waals surface area contributed by atoms with Crippen LogP contribution in [0.5, 0.6) is 11.5 Å². The van der Waals surface area contributed by atoms with Crippen LogP contribution >= 0.6 is 0 Å². The van der Waals surface area contributed by atoms with Gasteiger partial charge in [0.05, 0.1) is 17.7 Å². The number of hydrogen-bond donors (Lipinski definition) is 0. The van der Waals surface area contributed by atoms with Crippen molar-refractivity contribution >= 4 is 5.91 Å². The Bertz CT molecular complexity index is 1170. The first kappa shape index (κ1) is 22.4. The Balaban J connectivity index is 1.52. The molecule has 0 fully saturated rings. The number of carbonyl (C=O) groups is 1. The third kappa shape index (κ3) is 5.53. The van der Waals surface area contributed by atoms with E-state index in [1.54, 1.807) is 24.3 Å². The molecule has 168 valence electrons. The van der Waals surface area contributed by atoms with Crippen molar-refractivity contribution in [1.82, 2.24) is 4.90 Å². The first-order valence-corrected chi connectivity index (χ1v) is 11.1. The zero-order valence-electron chi connectivity index (χ0n) is 19.2. The van der Waals surface area contributed by atoms with Crippen molar-refractivity contribution in [2.24, 2.45) is 0 Å². The summed E-state index contributed by atoms with van der Waals surface area (Å²) in [6, 6.07) is 24.6. The molecular weight excluding hydrogens is 412 g/mol. The molecular formula is C28H28N2O3. The van der Waals surface area contributed by atoms with Gasteiger partial charge in [-0.1, -0.05) is 30.3 Å². The topological polar surface area (TPSA) is 62.6 Å². The van der Waals surface area contributed by atoms with E-state index >= 15 is 0 Å². The van der Waals surface area contributed by atoms with E-state index in [9.17, 15) is 10.1 Å². The molecule has 1 atom stereocenters. The number of fused-ring (bicyclic) bond motifs is 1. The zero-order chi connectivity index (χ0) is 23.4. The lowest BCUT2D eigenvalue weighted by Gasteiger charge is -2.37. The standard InChI is InChI=1S/C28H28N2O3/c1-28(2,3)33-26-13-11-25(12-14-26)32-19-24-16-21-8-4-5-9-23(21)18-30(24)27(31)22-10-6-7-20(15-22)17-29/h4-15,24H,16,18-19H2,1-3H3. The number of rotatable bonds is 5. The Kier molecular flexibility index (Phi) is 6.37. The summed E-state index contributed by atoms with van der Waals surface area (Å²) >= 11 is 0. The third-order valence-electron chi connectivity index (χ3n) is 5.55. The fraction of sp³-hybridized carbons (Fsp3) is 0.286. The number of carbonyl (C=O) groups excluding carboxylic acids is 1. The average Bonchev–Trinajstić information content (AvgIpc) is 2.81. The quantitative estimate of drug-likeness (QED) is 0.534. The van der Waals surface area contributed by atoms with Crippen LogP contribution in [0.25, 0.3) is 0 Å². The highest BCUT2D eigenvalue weighted by Gasteiger charge is 2.31. The van der Waals surface area contributed by atoms with E-state index in [0.717, 1.165) is 17.1 Å². The maximum atomic E-state index is 13.4. The molecule has 3 aromatic rings. The van der Waals surface area contributed by atoms with Gasteiger partial charge in [0.2, 0.25) is 0 Å². The minimum absolute atomic E-state index is 0.0934. The van der Waals surface area contributed by atoms with E-state index in [-0.39, 0.29) is 17.6 Å². The van der Waals surface area contributed by atoms with Crippen molar-refractivity contribution in [1.29, 1.82) is 5.26 Å². The average molecular weight is 441 g/mol. The van der Waals surface area contributed by atoms with Crippen LogP contribution in [0.3, 0.4) is 0 Å².